The molecule has 4 amide bonds. The summed E-state index contributed by atoms with van der Waals surface area (Å²) >= 11 is 0. The Morgan fingerprint density at radius 1 is 1.05 bits per heavy atom. The fourth-order valence-corrected chi connectivity index (χ4v) is 5.12. The molecular weight excluding hydrogens is 492 g/mol. The number of fused-ring (bicyclic) bond motifs is 1. The smallest absolute Gasteiger partial charge is 0.255 e. The molecular formula is C25H20B5N3O6. The number of carbonyl (C=O) groups excluding carboxylic acids is 4. The second kappa shape index (κ2) is 9.97. The summed E-state index contributed by atoms with van der Waals surface area (Å²) in [6, 6.07) is 8.58. The lowest BCUT2D eigenvalue weighted by molar-refractivity contribution is -0.145. The number of hydrogen-bond donors (Lipinski definition) is 1. The fraction of sp³-hybridized carbons (Fsp3) is 0.360. The summed E-state index contributed by atoms with van der Waals surface area (Å²) in [7, 11) is 31.6. The van der Waals surface area contributed by atoms with Crippen molar-refractivity contribution in [1.82, 2.24) is 15.1 Å². The molecule has 0 aliphatic carbocycles. The molecule has 2 saturated heterocycles. The third kappa shape index (κ3) is 4.90. The van der Waals surface area contributed by atoms with Gasteiger partial charge in [-0.05, 0) is 35.0 Å². The first-order chi connectivity index (χ1) is 18.4. The molecule has 1 unspecified atom stereocenters. The number of nitrogens with zero attached hydrogens (tertiary/aromatic N) is 2. The molecule has 2 aromatic rings. The highest BCUT2D eigenvalue weighted by atomic mass is 16.5. The Balaban J connectivity index is 1.38. The third-order valence-electron chi connectivity index (χ3n) is 7.18. The molecule has 39 heavy (non-hydrogen) atoms. The van der Waals surface area contributed by atoms with Gasteiger partial charge in [0.25, 0.3) is 5.91 Å². The van der Waals surface area contributed by atoms with Crippen LogP contribution in [0.2, 0.25) is 0 Å². The lowest BCUT2D eigenvalue weighted by Gasteiger charge is -2.43. The van der Waals surface area contributed by atoms with E-state index in [4.69, 9.17) is 48.7 Å². The molecule has 9 nitrogen and oxygen atoms in total. The Morgan fingerprint density at radius 3 is 2.51 bits per heavy atom. The second-order valence-corrected chi connectivity index (χ2v) is 9.80. The molecule has 0 saturated carbocycles. The summed E-state index contributed by atoms with van der Waals surface area (Å²) in [5.41, 5.74) is 1.54. The van der Waals surface area contributed by atoms with Crippen LogP contribution in [0.1, 0.15) is 39.9 Å². The molecule has 3 aliphatic heterocycles. The molecule has 14 heteroatoms. The average Bonchev–Trinajstić information content (AvgIpc) is 3.21. The number of carbonyl (C=O) groups is 4. The van der Waals surface area contributed by atoms with Crippen molar-refractivity contribution in [2.45, 2.75) is 36.2 Å². The van der Waals surface area contributed by atoms with Gasteiger partial charge in [0.2, 0.25) is 17.7 Å². The normalized spacial score (nSPS) is 20.2. The number of ether oxygens (including phenoxy) is 2. The Labute approximate surface area is 232 Å². The van der Waals surface area contributed by atoms with E-state index < -0.39 is 22.7 Å². The Kier molecular flexibility index (Phi) is 6.95. The van der Waals surface area contributed by atoms with Gasteiger partial charge in [-0.25, -0.2) is 0 Å². The minimum atomic E-state index is -1.90. The van der Waals surface area contributed by atoms with Crippen LogP contribution in [0.15, 0.2) is 36.4 Å². The monoisotopic (exact) mass is 513 g/mol. The van der Waals surface area contributed by atoms with E-state index in [-0.39, 0.29) is 79.2 Å². The van der Waals surface area contributed by atoms with E-state index in [2.05, 4.69) is 5.32 Å². The number of morpholine rings is 1. The first-order valence-corrected chi connectivity index (χ1v) is 12.3. The minimum absolute atomic E-state index is 0.0736. The SMILES string of the molecule is [B]c1cc(C([B])([B])Oc2cccc3c2CN(C2CCC(=O)NC2=O)C3=O)ccc1C([B])([B])N1CCOCC1=O. The van der Waals surface area contributed by atoms with Crippen molar-refractivity contribution in [3.8, 4) is 5.75 Å². The van der Waals surface area contributed by atoms with Crippen molar-refractivity contribution in [1.29, 1.82) is 0 Å². The van der Waals surface area contributed by atoms with Crippen LogP contribution in [0, 0.1) is 0 Å². The van der Waals surface area contributed by atoms with Crippen LogP contribution in [0.4, 0.5) is 0 Å². The van der Waals surface area contributed by atoms with Gasteiger partial charge >= 0.3 is 0 Å². The maximum atomic E-state index is 13.1. The highest BCUT2D eigenvalue weighted by Crippen LogP contribution is 2.36. The number of piperidine rings is 1. The summed E-state index contributed by atoms with van der Waals surface area (Å²) in [5, 5.41) is -1.32. The van der Waals surface area contributed by atoms with E-state index in [1.807, 2.05) is 0 Å². The quantitative estimate of drug-likeness (QED) is 0.357. The maximum absolute atomic E-state index is 13.1. The first-order valence-electron chi connectivity index (χ1n) is 12.3. The van der Waals surface area contributed by atoms with Crippen LogP contribution < -0.4 is 15.5 Å². The molecule has 1 N–H and O–H groups in total. The van der Waals surface area contributed by atoms with Gasteiger partial charge < -0.3 is 19.3 Å². The molecule has 5 rings (SSSR count). The number of rotatable bonds is 6. The maximum Gasteiger partial charge on any atom is 0.255 e. The molecule has 2 fully saturated rings. The van der Waals surface area contributed by atoms with Crippen LogP contribution in [-0.4, -0.2) is 98.5 Å². The number of amides is 4. The third-order valence-corrected chi connectivity index (χ3v) is 7.18. The molecule has 3 heterocycles. The first kappa shape index (κ1) is 27.2. The molecule has 0 bridgehead atoms. The lowest BCUT2D eigenvalue weighted by atomic mass is 9.53. The van der Waals surface area contributed by atoms with Gasteiger partial charge in [0.1, 0.15) is 41.9 Å². The molecule has 0 aromatic heterocycles. The molecule has 1 atom stereocenters. The van der Waals surface area contributed by atoms with Gasteiger partial charge in [-0.15, -0.1) is 0 Å². The molecule has 10 radical (unpaired) electrons. The topological polar surface area (TPSA) is 105 Å². The van der Waals surface area contributed by atoms with Crippen molar-refractivity contribution in [3.63, 3.8) is 0 Å². The Morgan fingerprint density at radius 2 is 1.82 bits per heavy atom. The van der Waals surface area contributed by atoms with Gasteiger partial charge in [0.05, 0.1) is 28.8 Å². The standard InChI is InChI=1S/C25H20B5N3O6/c26-17-10-13(4-5-16(17)24(27,28)33-8-9-38-12-21(33)35)25(29,30)39-19-3-1-2-14-15(19)11-32(23(14)37)18-6-7-20(34)31-22(18)36/h1-5,10,18H,6-9,11-12H2,(H,31,34,36). The number of benzene rings is 2. The zero-order valence-corrected chi connectivity index (χ0v) is 21.0. The average molecular weight is 513 g/mol. The molecule has 3 aliphatic rings. The lowest BCUT2D eigenvalue weighted by Crippen LogP contribution is -2.57. The Bertz CT molecular complexity index is 1380. The summed E-state index contributed by atoms with van der Waals surface area (Å²) < 4.78 is 11.1. The van der Waals surface area contributed by atoms with Gasteiger partial charge in [-0.2, -0.15) is 0 Å². The predicted molar refractivity (Wildman–Crippen MR) is 144 cm³/mol. The van der Waals surface area contributed by atoms with E-state index in [1.165, 1.54) is 28.0 Å². The zero-order valence-electron chi connectivity index (χ0n) is 21.0. The van der Waals surface area contributed by atoms with Gasteiger partial charge in [0.15, 0.2) is 0 Å². The van der Waals surface area contributed by atoms with Crippen molar-refractivity contribution >= 4 is 68.3 Å². The number of imide groups is 1. The van der Waals surface area contributed by atoms with Crippen LogP contribution in [-0.2, 0) is 36.4 Å². The molecule has 0 spiro atoms. The number of hydrogen-bond acceptors (Lipinski definition) is 6. The zero-order chi connectivity index (χ0) is 28.1. The summed E-state index contributed by atoms with van der Waals surface area (Å²) in [5.74, 6) is -1.38. The predicted octanol–water partition coefficient (Wildman–Crippen LogP) is -1.93. The second-order valence-electron chi connectivity index (χ2n) is 9.80. The largest absolute Gasteiger partial charge is 0.502 e. The fourth-order valence-electron chi connectivity index (χ4n) is 5.12. The van der Waals surface area contributed by atoms with Crippen molar-refractivity contribution < 1.29 is 28.7 Å². The van der Waals surface area contributed by atoms with E-state index in [1.54, 1.807) is 18.2 Å². The van der Waals surface area contributed by atoms with Gasteiger partial charge in [-0.3, -0.25) is 24.5 Å². The highest BCUT2D eigenvalue weighted by Gasteiger charge is 2.41. The highest BCUT2D eigenvalue weighted by molar-refractivity contribution is 6.44. The van der Waals surface area contributed by atoms with Crippen LogP contribution in [0.25, 0.3) is 0 Å². The van der Waals surface area contributed by atoms with E-state index in [0.717, 1.165) is 0 Å². The molecule has 186 valence electrons. The minimum Gasteiger partial charge on any atom is -0.502 e. The van der Waals surface area contributed by atoms with E-state index >= 15 is 0 Å². The van der Waals surface area contributed by atoms with Crippen LogP contribution in [0.3, 0.4) is 0 Å². The summed E-state index contributed by atoms with van der Waals surface area (Å²) in [6.07, 6.45) is 0.363. The summed E-state index contributed by atoms with van der Waals surface area (Å²) in [4.78, 5) is 52.0. The van der Waals surface area contributed by atoms with Gasteiger partial charge in [0, 0.05) is 29.5 Å². The Hall–Kier alpha value is -3.40. The summed E-state index contributed by atoms with van der Waals surface area (Å²) in [6.45, 7) is 0.417. The van der Waals surface area contributed by atoms with Crippen LogP contribution in [0.5, 0.6) is 5.75 Å². The van der Waals surface area contributed by atoms with Crippen molar-refractivity contribution in [2.75, 3.05) is 19.8 Å². The van der Waals surface area contributed by atoms with Crippen molar-refractivity contribution in [2.24, 2.45) is 0 Å². The van der Waals surface area contributed by atoms with E-state index in [9.17, 15) is 19.2 Å². The molecule has 2 aromatic carbocycles. The van der Waals surface area contributed by atoms with Gasteiger partial charge in [-0.1, -0.05) is 29.7 Å². The number of nitrogens with one attached hydrogen (secondary N) is 1. The van der Waals surface area contributed by atoms with Crippen molar-refractivity contribution in [3.05, 3.63) is 58.7 Å². The van der Waals surface area contributed by atoms with E-state index in [0.29, 0.717) is 11.1 Å². The van der Waals surface area contributed by atoms with Crippen LogP contribution >= 0.6 is 0 Å².